The fourth-order valence-electron chi connectivity index (χ4n) is 4.87. The van der Waals surface area contributed by atoms with Crippen molar-refractivity contribution in [1.29, 1.82) is 0 Å². The number of hydrogen-bond acceptors (Lipinski definition) is 6. The van der Waals surface area contributed by atoms with Gasteiger partial charge in [0.15, 0.2) is 0 Å². The first-order valence-corrected chi connectivity index (χ1v) is 13.8. The minimum Gasteiger partial charge on any atom is -0.324 e. The number of halogens is 2. The second kappa shape index (κ2) is 10.4. The van der Waals surface area contributed by atoms with Crippen molar-refractivity contribution in [3.05, 3.63) is 88.3 Å². The summed E-state index contributed by atoms with van der Waals surface area (Å²) in [6, 6.07) is 15.7. The maximum Gasteiger partial charge on any atom is 0.263 e. The molecule has 0 radical (unpaired) electrons. The first kappa shape index (κ1) is 24.3. The Hall–Kier alpha value is -3.04. The Morgan fingerprint density at radius 3 is 2.54 bits per heavy atom. The highest BCUT2D eigenvalue weighted by Crippen LogP contribution is 2.39. The van der Waals surface area contributed by atoms with Crippen LogP contribution in [-0.4, -0.2) is 39.4 Å². The summed E-state index contributed by atoms with van der Waals surface area (Å²) in [5, 5.41) is 8.26. The first-order valence-electron chi connectivity index (χ1n) is 12.1. The Balaban J connectivity index is 1.27. The standard InChI is InChI=1S/C27H24Cl2N6OS/c28-21-4-3-5-22(29)24(21)35-16-37-25-20(26(35)36)15-31-27(33-25)32-18-6-7-19(17-8-10-30-11-9-17)23(14-18)34-12-1-2-13-34/h1-7,12-15,17,30H,8-11,16H2,(H,31,32,33). The summed E-state index contributed by atoms with van der Waals surface area (Å²) in [7, 11) is 0. The molecular formula is C27H24Cl2N6OS. The number of nitrogens with one attached hydrogen (secondary N) is 2. The number of benzene rings is 2. The van der Waals surface area contributed by atoms with Crippen molar-refractivity contribution in [3.8, 4) is 5.69 Å². The second-order valence-corrected chi connectivity index (χ2v) is 10.8. The largest absolute Gasteiger partial charge is 0.324 e. The van der Waals surface area contributed by atoms with E-state index in [0.29, 0.717) is 44.1 Å². The molecule has 10 heteroatoms. The summed E-state index contributed by atoms with van der Waals surface area (Å²) in [5.41, 5.74) is 4.30. The van der Waals surface area contributed by atoms with Gasteiger partial charge in [0, 0.05) is 24.3 Å². The molecule has 0 spiro atoms. The van der Waals surface area contributed by atoms with E-state index in [2.05, 4.69) is 55.8 Å². The number of amides is 1. The number of thioether (sulfide) groups is 1. The number of rotatable bonds is 5. The van der Waals surface area contributed by atoms with Crippen molar-refractivity contribution >= 4 is 58.2 Å². The molecule has 0 aliphatic carbocycles. The van der Waals surface area contributed by atoms with E-state index in [0.717, 1.165) is 37.3 Å². The Labute approximate surface area is 229 Å². The van der Waals surface area contributed by atoms with Crippen LogP contribution < -0.4 is 15.5 Å². The van der Waals surface area contributed by atoms with Crippen LogP contribution in [0.25, 0.3) is 5.69 Å². The van der Waals surface area contributed by atoms with E-state index < -0.39 is 0 Å². The highest BCUT2D eigenvalue weighted by Gasteiger charge is 2.30. The Kier molecular flexibility index (Phi) is 6.82. The molecule has 188 valence electrons. The maximum absolute atomic E-state index is 13.2. The second-order valence-electron chi connectivity index (χ2n) is 9.00. The molecule has 4 heterocycles. The van der Waals surface area contributed by atoms with Gasteiger partial charge in [-0.25, -0.2) is 9.97 Å². The van der Waals surface area contributed by atoms with Crippen LogP contribution in [0.1, 0.15) is 34.7 Å². The summed E-state index contributed by atoms with van der Waals surface area (Å²) in [4.78, 5) is 23.9. The number of aromatic nitrogens is 3. The molecule has 0 atom stereocenters. The average molecular weight is 552 g/mol. The van der Waals surface area contributed by atoms with Gasteiger partial charge in [-0.1, -0.05) is 47.1 Å². The number of para-hydroxylation sites is 1. The van der Waals surface area contributed by atoms with Gasteiger partial charge in [0.2, 0.25) is 5.95 Å². The monoisotopic (exact) mass is 550 g/mol. The smallest absolute Gasteiger partial charge is 0.263 e. The molecule has 0 saturated carbocycles. The lowest BCUT2D eigenvalue weighted by Gasteiger charge is -2.28. The molecule has 2 aliphatic rings. The molecule has 4 aromatic rings. The van der Waals surface area contributed by atoms with Gasteiger partial charge in [-0.05, 0) is 73.8 Å². The van der Waals surface area contributed by atoms with Crippen molar-refractivity contribution in [2.24, 2.45) is 0 Å². The van der Waals surface area contributed by atoms with E-state index >= 15 is 0 Å². The van der Waals surface area contributed by atoms with Crippen LogP contribution in [0.2, 0.25) is 10.0 Å². The van der Waals surface area contributed by atoms with Gasteiger partial charge in [0.25, 0.3) is 5.91 Å². The molecule has 0 unspecified atom stereocenters. The van der Waals surface area contributed by atoms with Crippen LogP contribution >= 0.6 is 35.0 Å². The van der Waals surface area contributed by atoms with Gasteiger partial charge in [-0.3, -0.25) is 9.69 Å². The summed E-state index contributed by atoms with van der Waals surface area (Å²) >= 11 is 14.1. The number of carbonyl (C=O) groups excluding carboxylic acids is 1. The third-order valence-electron chi connectivity index (χ3n) is 6.72. The van der Waals surface area contributed by atoms with Crippen LogP contribution in [0, 0.1) is 0 Å². The zero-order chi connectivity index (χ0) is 25.4. The first-order chi connectivity index (χ1) is 18.1. The molecule has 2 aliphatic heterocycles. The van der Waals surface area contributed by atoms with Gasteiger partial charge >= 0.3 is 0 Å². The predicted octanol–water partition coefficient (Wildman–Crippen LogP) is 6.49. The quantitative estimate of drug-likeness (QED) is 0.276. The number of piperidine rings is 1. The lowest BCUT2D eigenvalue weighted by molar-refractivity contribution is 0.0985. The number of fused-ring (bicyclic) bond motifs is 1. The fourth-order valence-corrected chi connectivity index (χ4v) is 6.42. The van der Waals surface area contributed by atoms with Gasteiger partial charge in [0.1, 0.15) is 5.03 Å². The third-order valence-corrected chi connectivity index (χ3v) is 8.30. The number of anilines is 3. The molecule has 0 bridgehead atoms. The number of carbonyl (C=O) groups is 1. The van der Waals surface area contributed by atoms with Crippen molar-refractivity contribution in [3.63, 3.8) is 0 Å². The van der Waals surface area contributed by atoms with Crippen LogP contribution in [0.4, 0.5) is 17.3 Å². The zero-order valence-electron chi connectivity index (χ0n) is 19.8. The maximum atomic E-state index is 13.2. The Morgan fingerprint density at radius 2 is 1.78 bits per heavy atom. The van der Waals surface area contributed by atoms with E-state index in [1.54, 1.807) is 29.3 Å². The molecule has 1 amide bonds. The van der Waals surface area contributed by atoms with E-state index in [-0.39, 0.29) is 5.91 Å². The summed E-state index contributed by atoms with van der Waals surface area (Å²) in [6.07, 6.45) is 7.94. The predicted molar refractivity (Wildman–Crippen MR) is 150 cm³/mol. The molecule has 2 aromatic heterocycles. The minimum absolute atomic E-state index is 0.225. The molecular weight excluding hydrogens is 527 g/mol. The lowest BCUT2D eigenvalue weighted by atomic mass is 9.89. The van der Waals surface area contributed by atoms with E-state index in [1.165, 1.54) is 17.3 Å². The van der Waals surface area contributed by atoms with Gasteiger partial charge in [0.05, 0.1) is 32.9 Å². The van der Waals surface area contributed by atoms with Crippen LogP contribution in [0.5, 0.6) is 0 Å². The Bertz CT molecular complexity index is 1440. The van der Waals surface area contributed by atoms with E-state index in [1.807, 2.05) is 12.1 Å². The van der Waals surface area contributed by atoms with E-state index in [9.17, 15) is 4.79 Å². The molecule has 1 fully saturated rings. The van der Waals surface area contributed by atoms with Crippen molar-refractivity contribution in [2.75, 3.05) is 29.2 Å². The SMILES string of the molecule is O=C1c2cnc(Nc3ccc(C4CCNCC4)c(-n4cccc4)c3)nc2SCN1c1c(Cl)cccc1Cl. The highest BCUT2D eigenvalue weighted by atomic mass is 35.5. The number of hydrogen-bond donors (Lipinski definition) is 2. The van der Waals surface area contributed by atoms with Gasteiger partial charge in [-0.2, -0.15) is 0 Å². The minimum atomic E-state index is -0.225. The normalized spacial score (nSPS) is 16.1. The zero-order valence-corrected chi connectivity index (χ0v) is 22.2. The molecule has 37 heavy (non-hydrogen) atoms. The fraction of sp³-hybridized carbons (Fsp3) is 0.222. The van der Waals surface area contributed by atoms with Crippen LogP contribution in [0.15, 0.2) is 72.1 Å². The van der Waals surface area contributed by atoms with E-state index in [4.69, 9.17) is 23.2 Å². The average Bonchev–Trinajstić information content (AvgIpc) is 3.45. The molecule has 6 rings (SSSR count). The van der Waals surface area contributed by atoms with Crippen LogP contribution in [0.3, 0.4) is 0 Å². The molecule has 1 saturated heterocycles. The lowest BCUT2D eigenvalue weighted by Crippen LogP contribution is -2.35. The third kappa shape index (κ3) is 4.82. The molecule has 7 nitrogen and oxygen atoms in total. The van der Waals surface area contributed by atoms with Crippen molar-refractivity contribution in [2.45, 2.75) is 23.8 Å². The van der Waals surface area contributed by atoms with Crippen molar-refractivity contribution < 1.29 is 4.79 Å². The van der Waals surface area contributed by atoms with Gasteiger partial charge in [-0.15, -0.1) is 0 Å². The van der Waals surface area contributed by atoms with Gasteiger partial charge < -0.3 is 15.2 Å². The Morgan fingerprint density at radius 1 is 1.03 bits per heavy atom. The summed E-state index contributed by atoms with van der Waals surface area (Å²) in [5.74, 6) is 1.09. The van der Waals surface area contributed by atoms with Crippen LogP contribution in [-0.2, 0) is 0 Å². The molecule has 2 N–H and O–H groups in total. The topological polar surface area (TPSA) is 75.1 Å². The summed E-state index contributed by atoms with van der Waals surface area (Å²) < 4.78 is 2.15. The number of nitrogens with zero attached hydrogens (tertiary/aromatic N) is 4. The molecule has 2 aromatic carbocycles. The van der Waals surface area contributed by atoms with Crippen molar-refractivity contribution in [1.82, 2.24) is 19.9 Å². The highest BCUT2D eigenvalue weighted by molar-refractivity contribution is 7.99. The summed E-state index contributed by atoms with van der Waals surface area (Å²) in [6.45, 7) is 2.07.